The summed E-state index contributed by atoms with van der Waals surface area (Å²) >= 11 is 0. The van der Waals surface area contributed by atoms with Crippen molar-refractivity contribution in [2.75, 3.05) is 0 Å². The van der Waals surface area contributed by atoms with E-state index >= 15 is 0 Å². The van der Waals surface area contributed by atoms with Crippen molar-refractivity contribution in [2.45, 2.75) is 25.4 Å². The fourth-order valence-electron chi connectivity index (χ4n) is 3.53. The molecule has 0 N–H and O–H groups in total. The second-order valence-electron chi connectivity index (χ2n) is 5.65. The molecule has 0 aromatic heterocycles. The van der Waals surface area contributed by atoms with Gasteiger partial charge in [-0.15, -0.1) is 5.06 Å². The van der Waals surface area contributed by atoms with Crippen molar-refractivity contribution >= 4 is 17.6 Å². The lowest BCUT2D eigenvalue weighted by molar-refractivity contribution is -0.164. The predicted octanol–water partition coefficient (Wildman–Crippen LogP) is 1.58. The molecule has 3 atom stereocenters. The van der Waals surface area contributed by atoms with Crippen molar-refractivity contribution in [1.29, 1.82) is 0 Å². The quantitative estimate of drug-likeness (QED) is 0.766. The fourth-order valence-corrected chi connectivity index (χ4v) is 3.53. The summed E-state index contributed by atoms with van der Waals surface area (Å²) in [7, 11) is 0. The maximum Gasteiger partial charge on any atom is 0.285 e. The Balaban J connectivity index is 1.61. The van der Waals surface area contributed by atoms with E-state index in [1.807, 2.05) is 0 Å². The Labute approximate surface area is 115 Å². The molecule has 20 heavy (non-hydrogen) atoms. The lowest BCUT2D eigenvalue weighted by atomic mass is 9.97. The molecule has 0 saturated heterocycles. The summed E-state index contributed by atoms with van der Waals surface area (Å²) in [6, 6.07) is 6.61. The lowest BCUT2D eigenvalue weighted by Crippen LogP contribution is -2.40. The number of ketones is 1. The zero-order valence-electron chi connectivity index (χ0n) is 10.7. The highest BCUT2D eigenvalue weighted by Gasteiger charge is 2.50. The van der Waals surface area contributed by atoms with Crippen molar-refractivity contribution in [3.8, 4) is 0 Å². The van der Waals surface area contributed by atoms with Gasteiger partial charge in [-0.2, -0.15) is 0 Å². The van der Waals surface area contributed by atoms with Gasteiger partial charge in [0.05, 0.1) is 11.1 Å². The Morgan fingerprint density at radius 3 is 2.20 bits per heavy atom. The third-order valence-corrected chi connectivity index (χ3v) is 4.56. The highest BCUT2D eigenvalue weighted by molar-refractivity contribution is 6.20. The molecule has 1 heterocycles. The van der Waals surface area contributed by atoms with Crippen molar-refractivity contribution in [2.24, 2.45) is 11.8 Å². The molecule has 2 aliphatic carbocycles. The van der Waals surface area contributed by atoms with Gasteiger partial charge in [0, 0.05) is 5.92 Å². The smallest absolute Gasteiger partial charge is 0.285 e. The first kappa shape index (κ1) is 11.8. The van der Waals surface area contributed by atoms with Gasteiger partial charge in [0.2, 0.25) is 0 Å². The molecule has 2 bridgehead atoms. The topological polar surface area (TPSA) is 63.7 Å². The molecular formula is C15H13NO4. The van der Waals surface area contributed by atoms with Gasteiger partial charge in [0.1, 0.15) is 6.10 Å². The molecule has 1 aromatic rings. The Morgan fingerprint density at radius 2 is 1.65 bits per heavy atom. The fraction of sp³-hybridized carbons (Fsp3) is 0.400. The van der Waals surface area contributed by atoms with E-state index in [0.29, 0.717) is 11.1 Å². The van der Waals surface area contributed by atoms with Crippen molar-refractivity contribution in [1.82, 2.24) is 5.06 Å². The third-order valence-electron chi connectivity index (χ3n) is 4.56. The number of benzene rings is 1. The Morgan fingerprint density at radius 1 is 1.00 bits per heavy atom. The molecule has 0 spiro atoms. The minimum absolute atomic E-state index is 0.0396. The molecule has 1 aromatic carbocycles. The highest BCUT2D eigenvalue weighted by Crippen LogP contribution is 2.44. The second kappa shape index (κ2) is 3.99. The minimum Gasteiger partial charge on any atom is -0.296 e. The van der Waals surface area contributed by atoms with Gasteiger partial charge in [-0.05, 0) is 37.3 Å². The Bertz CT molecular complexity index is 604. The summed E-state index contributed by atoms with van der Waals surface area (Å²) in [5, 5.41) is 0.772. The predicted molar refractivity (Wildman–Crippen MR) is 67.7 cm³/mol. The molecule has 3 aliphatic rings. The number of rotatable bonds is 2. The van der Waals surface area contributed by atoms with Crippen LogP contribution in [0.15, 0.2) is 24.3 Å². The van der Waals surface area contributed by atoms with Crippen molar-refractivity contribution in [3.05, 3.63) is 35.4 Å². The average molecular weight is 271 g/mol. The van der Waals surface area contributed by atoms with Crippen LogP contribution in [0.2, 0.25) is 0 Å². The number of imide groups is 1. The molecule has 102 valence electrons. The number of hydrogen-bond donors (Lipinski definition) is 0. The third kappa shape index (κ3) is 1.44. The summed E-state index contributed by atoms with van der Waals surface area (Å²) in [6.45, 7) is 0. The summed E-state index contributed by atoms with van der Waals surface area (Å²) in [5.41, 5.74) is 0.682. The van der Waals surface area contributed by atoms with Crippen molar-refractivity contribution < 1.29 is 19.2 Å². The SMILES string of the molecule is O=C1C2CCC(C2)C1ON1C(=O)c2ccccc2C1=O. The van der Waals surface area contributed by atoms with E-state index in [2.05, 4.69) is 0 Å². The van der Waals surface area contributed by atoms with Gasteiger partial charge in [0.25, 0.3) is 11.8 Å². The summed E-state index contributed by atoms with van der Waals surface area (Å²) in [4.78, 5) is 41.9. The van der Waals surface area contributed by atoms with Gasteiger partial charge in [-0.25, -0.2) is 0 Å². The number of nitrogens with zero attached hydrogens (tertiary/aromatic N) is 1. The molecule has 1 aliphatic heterocycles. The van der Waals surface area contributed by atoms with E-state index in [0.717, 1.165) is 24.3 Å². The first-order valence-electron chi connectivity index (χ1n) is 6.85. The first-order chi connectivity index (χ1) is 9.66. The van der Waals surface area contributed by atoms with Gasteiger partial charge in [0.15, 0.2) is 5.78 Å². The van der Waals surface area contributed by atoms with Gasteiger partial charge in [-0.1, -0.05) is 12.1 Å². The maximum atomic E-state index is 12.2. The Kier molecular flexibility index (Phi) is 2.35. The normalized spacial score (nSPS) is 31.3. The second-order valence-corrected chi connectivity index (χ2v) is 5.65. The number of amides is 2. The molecule has 2 fully saturated rings. The van der Waals surface area contributed by atoms with E-state index < -0.39 is 17.9 Å². The van der Waals surface area contributed by atoms with Gasteiger partial charge >= 0.3 is 0 Å². The summed E-state index contributed by atoms with van der Waals surface area (Å²) in [6.07, 6.45) is 2.04. The lowest BCUT2D eigenvalue weighted by Gasteiger charge is -2.24. The molecule has 2 amide bonds. The van der Waals surface area contributed by atoms with Crippen LogP contribution >= 0.6 is 0 Å². The number of carbonyl (C=O) groups is 3. The standard InChI is InChI=1S/C15H13NO4/c17-12-8-5-6-9(7-8)13(12)20-16-14(18)10-3-1-2-4-11(10)15(16)19/h1-4,8-9,13H,5-7H2. The van der Waals surface area contributed by atoms with E-state index in [9.17, 15) is 14.4 Å². The van der Waals surface area contributed by atoms with Crippen LogP contribution in [0.1, 0.15) is 40.0 Å². The number of hydrogen-bond acceptors (Lipinski definition) is 4. The summed E-state index contributed by atoms with van der Waals surface area (Å²) in [5.74, 6) is -0.697. The van der Waals surface area contributed by atoms with Crippen LogP contribution in [0.5, 0.6) is 0 Å². The molecule has 5 heteroatoms. The van der Waals surface area contributed by atoms with Crippen LogP contribution in [0.25, 0.3) is 0 Å². The highest BCUT2D eigenvalue weighted by atomic mass is 16.7. The van der Waals surface area contributed by atoms with E-state index in [1.165, 1.54) is 0 Å². The van der Waals surface area contributed by atoms with Crippen LogP contribution in [-0.4, -0.2) is 28.8 Å². The van der Waals surface area contributed by atoms with Crippen LogP contribution in [-0.2, 0) is 9.63 Å². The van der Waals surface area contributed by atoms with Gasteiger partial charge < -0.3 is 0 Å². The number of Topliss-reactive ketones (excluding diaryl/α,β-unsaturated/α-hetero) is 1. The van der Waals surface area contributed by atoms with E-state index in [1.54, 1.807) is 24.3 Å². The van der Waals surface area contributed by atoms with Gasteiger partial charge in [-0.3, -0.25) is 19.2 Å². The summed E-state index contributed by atoms with van der Waals surface area (Å²) < 4.78 is 0. The molecule has 5 nitrogen and oxygen atoms in total. The largest absolute Gasteiger partial charge is 0.296 e. The average Bonchev–Trinajstić information content (AvgIpc) is 3.11. The van der Waals surface area contributed by atoms with Crippen LogP contribution in [0, 0.1) is 11.8 Å². The van der Waals surface area contributed by atoms with Crippen molar-refractivity contribution in [3.63, 3.8) is 0 Å². The number of hydroxylamine groups is 2. The zero-order chi connectivity index (χ0) is 13.9. The van der Waals surface area contributed by atoms with Crippen LogP contribution in [0.4, 0.5) is 0 Å². The monoisotopic (exact) mass is 271 g/mol. The number of carbonyl (C=O) groups excluding carboxylic acids is 3. The molecule has 0 radical (unpaired) electrons. The molecule has 2 saturated carbocycles. The maximum absolute atomic E-state index is 12.2. The van der Waals surface area contributed by atoms with Crippen LogP contribution < -0.4 is 0 Å². The molecule has 4 rings (SSSR count). The molecule has 3 unspecified atom stereocenters. The van der Waals surface area contributed by atoms with Crippen LogP contribution in [0.3, 0.4) is 0 Å². The Hall–Kier alpha value is -2.01. The number of fused-ring (bicyclic) bond motifs is 3. The minimum atomic E-state index is -0.629. The van der Waals surface area contributed by atoms with E-state index in [4.69, 9.17) is 4.84 Å². The van der Waals surface area contributed by atoms with E-state index in [-0.39, 0.29) is 17.6 Å². The molecular weight excluding hydrogens is 258 g/mol. The first-order valence-corrected chi connectivity index (χ1v) is 6.85. The zero-order valence-corrected chi connectivity index (χ0v) is 10.7.